The van der Waals surface area contributed by atoms with E-state index in [2.05, 4.69) is 20.1 Å². The SMILES string of the molecule is O=C(Nc1cccc(-c2nnc3n2CCCCC3)c1)c1cc(F)c(F)cc1Cl. The van der Waals surface area contributed by atoms with E-state index in [-0.39, 0.29) is 10.6 Å². The minimum Gasteiger partial charge on any atom is -0.322 e. The van der Waals surface area contributed by atoms with Crippen LogP contribution < -0.4 is 5.32 Å². The minimum absolute atomic E-state index is 0.137. The number of carbonyl (C=O) groups excluding carboxylic acids is 1. The van der Waals surface area contributed by atoms with Gasteiger partial charge in [-0.1, -0.05) is 30.2 Å². The predicted molar refractivity (Wildman–Crippen MR) is 102 cm³/mol. The lowest BCUT2D eigenvalue weighted by atomic mass is 10.1. The number of nitrogens with zero attached hydrogens (tertiary/aromatic N) is 3. The molecule has 0 bridgehead atoms. The molecule has 0 radical (unpaired) electrons. The molecular formula is C20H17ClF2N4O. The maximum absolute atomic E-state index is 13.5. The second-order valence-electron chi connectivity index (χ2n) is 6.68. The molecule has 5 nitrogen and oxygen atoms in total. The molecule has 2 aromatic carbocycles. The second kappa shape index (κ2) is 7.67. The van der Waals surface area contributed by atoms with Crippen molar-refractivity contribution >= 4 is 23.2 Å². The van der Waals surface area contributed by atoms with Gasteiger partial charge in [0.1, 0.15) is 5.82 Å². The molecule has 0 atom stereocenters. The van der Waals surface area contributed by atoms with Gasteiger partial charge in [0.15, 0.2) is 17.5 Å². The van der Waals surface area contributed by atoms with Crippen molar-refractivity contribution in [1.29, 1.82) is 0 Å². The van der Waals surface area contributed by atoms with Gasteiger partial charge in [0.25, 0.3) is 5.91 Å². The van der Waals surface area contributed by atoms with E-state index in [4.69, 9.17) is 11.6 Å². The van der Waals surface area contributed by atoms with E-state index in [0.717, 1.165) is 61.6 Å². The molecule has 3 aromatic rings. The van der Waals surface area contributed by atoms with Crippen LogP contribution in [0.3, 0.4) is 0 Å². The third kappa shape index (κ3) is 3.62. The fraction of sp³-hybridized carbons (Fsp3) is 0.250. The molecule has 0 aliphatic carbocycles. The summed E-state index contributed by atoms with van der Waals surface area (Å²) in [5.41, 5.74) is 1.17. The molecule has 0 spiro atoms. The van der Waals surface area contributed by atoms with Gasteiger partial charge in [0.2, 0.25) is 0 Å². The molecule has 144 valence electrons. The van der Waals surface area contributed by atoms with E-state index in [9.17, 15) is 13.6 Å². The Morgan fingerprint density at radius 2 is 1.89 bits per heavy atom. The molecule has 0 saturated heterocycles. The molecule has 28 heavy (non-hydrogen) atoms. The number of halogens is 3. The van der Waals surface area contributed by atoms with Gasteiger partial charge in [-0.05, 0) is 37.1 Å². The average molecular weight is 403 g/mol. The lowest BCUT2D eigenvalue weighted by Crippen LogP contribution is -2.13. The Morgan fingerprint density at radius 3 is 2.75 bits per heavy atom. The molecular weight excluding hydrogens is 386 g/mol. The maximum atomic E-state index is 13.5. The molecule has 4 rings (SSSR count). The highest BCUT2D eigenvalue weighted by Crippen LogP contribution is 2.26. The van der Waals surface area contributed by atoms with Crippen molar-refractivity contribution in [3.63, 3.8) is 0 Å². The van der Waals surface area contributed by atoms with E-state index in [1.54, 1.807) is 18.2 Å². The fourth-order valence-corrected chi connectivity index (χ4v) is 3.57. The number of fused-ring (bicyclic) bond motifs is 1. The van der Waals surface area contributed by atoms with Gasteiger partial charge < -0.3 is 9.88 Å². The van der Waals surface area contributed by atoms with E-state index >= 15 is 0 Å². The fourth-order valence-electron chi connectivity index (χ4n) is 3.33. The van der Waals surface area contributed by atoms with E-state index in [1.807, 2.05) is 6.07 Å². The van der Waals surface area contributed by atoms with Gasteiger partial charge >= 0.3 is 0 Å². The number of aromatic nitrogens is 3. The number of rotatable bonds is 3. The zero-order valence-corrected chi connectivity index (χ0v) is 15.6. The Labute approximate surface area is 165 Å². The number of benzene rings is 2. The third-order valence-corrected chi connectivity index (χ3v) is 5.06. The average Bonchev–Trinajstić information content (AvgIpc) is 2.93. The number of nitrogens with one attached hydrogen (secondary N) is 1. The Kier molecular flexibility index (Phi) is 5.09. The summed E-state index contributed by atoms with van der Waals surface area (Å²) in [5.74, 6) is -1.14. The summed E-state index contributed by atoms with van der Waals surface area (Å²) < 4.78 is 28.8. The molecule has 0 saturated carbocycles. The van der Waals surface area contributed by atoms with Crippen molar-refractivity contribution in [1.82, 2.24) is 14.8 Å². The molecule has 8 heteroatoms. The minimum atomic E-state index is -1.13. The molecule has 2 heterocycles. The zero-order chi connectivity index (χ0) is 19.7. The van der Waals surface area contributed by atoms with Crippen LogP contribution in [0.2, 0.25) is 5.02 Å². The van der Waals surface area contributed by atoms with Crippen LogP contribution in [-0.2, 0) is 13.0 Å². The summed E-state index contributed by atoms with van der Waals surface area (Å²) in [4.78, 5) is 12.5. The van der Waals surface area contributed by atoms with Gasteiger partial charge in [0, 0.05) is 24.2 Å². The quantitative estimate of drug-likeness (QED) is 0.637. The molecule has 1 aromatic heterocycles. The van der Waals surface area contributed by atoms with Crippen LogP contribution in [0.1, 0.15) is 35.4 Å². The van der Waals surface area contributed by atoms with Crippen LogP contribution >= 0.6 is 11.6 Å². The van der Waals surface area contributed by atoms with Gasteiger partial charge in [-0.3, -0.25) is 4.79 Å². The largest absolute Gasteiger partial charge is 0.322 e. The molecule has 1 amide bonds. The lowest BCUT2D eigenvalue weighted by Gasteiger charge is -2.10. The van der Waals surface area contributed by atoms with Gasteiger partial charge in [-0.25, -0.2) is 8.78 Å². The monoisotopic (exact) mass is 402 g/mol. The number of amides is 1. The summed E-state index contributed by atoms with van der Waals surface area (Å²) in [6.45, 7) is 0.860. The highest BCUT2D eigenvalue weighted by Gasteiger charge is 2.18. The molecule has 1 aliphatic rings. The van der Waals surface area contributed by atoms with Crippen molar-refractivity contribution in [2.45, 2.75) is 32.2 Å². The van der Waals surface area contributed by atoms with Gasteiger partial charge in [0.05, 0.1) is 10.6 Å². The van der Waals surface area contributed by atoms with Crippen molar-refractivity contribution in [2.24, 2.45) is 0 Å². The highest BCUT2D eigenvalue weighted by atomic mass is 35.5. The van der Waals surface area contributed by atoms with Crippen molar-refractivity contribution < 1.29 is 13.6 Å². The number of carbonyl (C=O) groups is 1. The van der Waals surface area contributed by atoms with Crippen molar-refractivity contribution in [3.8, 4) is 11.4 Å². The second-order valence-corrected chi connectivity index (χ2v) is 7.09. The van der Waals surface area contributed by atoms with Gasteiger partial charge in [-0.15, -0.1) is 10.2 Å². The van der Waals surface area contributed by atoms with E-state index in [1.165, 1.54) is 0 Å². The number of aryl methyl sites for hydroxylation is 1. The van der Waals surface area contributed by atoms with Crippen LogP contribution in [0.25, 0.3) is 11.4 Å². The molecule has 0 unspecified atom stereocenters. The first-order chi connectivity index (χ1) is 13.5. The third-order valence-electron chi connectivity index (χ3n) is 4.74. The number of anilines is 1. The molecule has 1 N–H and O–H groups in total. The Balaban J connectivity index is 1.61. The topological polar surface area (TPSA) is 59.8 Å². The Hall–Kier alpha value is -2.80. The van der Waals surface area contributed by atoms with Crippen LogP contribution in [-0.4, -0.2) is 20.7 Å². The number of hydrogen-bond acceptors (Lipinski definition) is 3. The predicted octanol–water partition coefficient (Wildman–Crippen LogP) is 4.86. The number of hydrogen-bond donors (Lipinski definition) is 1. The van der Waals surface area contributed by atoms with Crippen LogP contribution in [0.4, 0.5) is 14.5 Å². The summed E-state index contributed by atoms with van der Waals surface area (Å²) in [6, 6.07) is 8.73. The first-order valence-corrected chi connectivity index (χ1v) is 9.39. The van der Waals surface area contributed by atoms with E-state index in [0.29, 0.717) is 5.69 Å². The summed E-state index contributed by atoms with van der Waals surface area (Å²) >= 11 is 5.88. The summed E-state index contributed by atoms with van der Waals surface area (Å²) in [6.07, 6.45) is 4.23. The summed E-state index contributed by atoms with van der Waals surface area (Å²) in [7, 11) is 0. The zero-order valence-electron chi connectivity index (χ0n) is 14.9. The van der Waals surface area contributed by atoms with Crippen LogP contribution in [0.15, 0.2) is 36.4 Å². The highest BCUT2D eigenvalue weighted by molar-refractivity contribution is 6.34. The van der Waals surface area contributed by atoms with Gasteiger partial charge in [-0.2, -0.15) is 0 Å². The summed E-state index contributed by atoms with van der Waals surface area (Å²) in [5, 5.41) is 11.1. The normalized spacial score (nSPS) is 13.7. The van der Waals surface area contributed by atoms with Crippen molar-refractivity contribution in [2.75, 3.05) is 5.32 Å². The Bertz CT molecular complexity index is 1050. The smallest absolute Gasteiger partial charge is 0.257 e. The Morgan fingerprint density at radius 1 is 1.07 bits per heavy atom. The van der Waals surface area contributed by atoms with E-state index < -0.39 is 17.5 Å². The lowest BCUT2D eigenvalue weighted by molar-refractivity contribution is 0.102. The molecule has 0 fully saturated rings. The first-order valence-electron chi connectivity index (χ1n) is 9.01. The maximum Gasteiger partial charge on any atom is 0.257 e. The molecule has 1 aliphatic heterocycles. The van der Waals surface area contributed by atoms with Crippen LogP contribution in [0, 0.1) is 11.6 Å². The van der Waals surface area contributed by atoms with Crippen molar-refractivity contribution in [3.05, 3.63) is 64.4 Å². The first kappa shape index (κ1) is 18.6. The van der Waals surface area contributed by atoms with Crippen LogP contribution in [0.5, 0.6) is 0 Å². The standard InChI is InChI=1S/C20H17ClF2N4O/c21-15-11-17(23)16(22)10-14(15)20(28)24-13-6-4-5-12(9-13)19-26-25-18-7-2-1-3-8-27(18)19/h4-6,9-11H,1-3,7-8H2,(H,24,28).